The number of hydrogen-bond acceptors (Lipinski definition) is 5. The number of halogens is 2. The summed E-state index contributed by atoms with van der Waals surface area (Å²) < 4.78 is 0.910. The van der Waals surface area contributed by atoms with Gasteiger partial charge in [0.25, 0.3) is 0 Å². The molecule has 5 nitrogen and oxygen atoms in total. The first-order valence-electron chi connectivity index (χ1n) is 5.54. The molecule has 0 atom stereocenters. The van der Waals surface area contributed by atoms with Crippen LogP contribution in [0.1, 0.15) is 11.3 Å². The second kappa shape index (κ2) is 5.73. The number of hydrogen-bond donors (Lipinski definition) is 3. The first kappa shape index (κ1) is 14.0. The SMILES string of the molecule is Cc1cc(Nc2cc(Cl)c(C)cc2Br)nc(NN)n1. The van der Waals surface area contributed by atoms with E-state index in [2.05, 4.69) is 36.6 Å². The van der Waals surface area contributed by atoms with E-state index in [1.165, 1.54) is 0 Å². The molecule has 1 heterocycles. The Balaban J connectivity index is 2.36. The maximum absolute atomic E-state index is 6.12. The number of aromatic nitrogens is 2. The molecule has 1 aromatic carbocycles. The number of hydrazine groups is 1. The summed E-state index contributed by atoms with van der Waals surface area (Å²) in [6, 6.07) is 5.61. The molecule has 19 heavy (non-hydrogen) atoms. The van der Waals surface area contributed by atoms with Crippen LogP contribution in [0.4, 0.5) is 17.5 Å². The van der Waals surface area contributed by atoms with Crippen molar-refractivity contribution >= 4 is 45.0 Å². The molecule has 1 aromatic heterocycles. The lowest BCUT2D eigenvalue weighted by atomic mass is 10.2. The topological polar surface area (TPSA) is 75.9 Å². The number of nitrogens with two attached hydrogens (primary N) is 1. The van der Waals surface area contributed by atoms with Crippen molar-refractivity contribution in [2.45, 2.75) is 13.8 Å². The summed E-state index contributed by atoms with van der Waals surface area (Å²) in [5.74, 6) is 6.32. The van der Waals surface area contributed by atoms with Gasteiger partial charge in [-0.15, -0.1) is 0 Å². The average Bonchev–Trinajstić information content (AvgIpc) is 2.35. The highest BCUT2D eigenvalue weighted by Crippen LogP contribution is 2.31. The number of aryl methyl sites for hydroxylation is 2. The van der Waals surface area contributed by atoms with Crippen molar-refractivity contribution in [3.63, 3.8) is 0 Å². The van der Waals surface area contributed by atoms with Gasteiger partial charge in [-0.25, -0.2) is 10.8 Å². The normalized spacial score (nSPS) is 10.4. The smallest absolute Gasteiger partial charge is 0.239 e. The van der Waals surface area contributed by atoms with Crippen LogP contribution in [-0.2, 0) is 0 Å². The molecule has 100 valence electrons. The van der Waals surface area contributed by atoms with Gasteiger partial charge < -0.3 is 5.32 Å². The molecule has 0 spiro atoms. The number of anilines is 3. The molecule has 0 radical (unpaired) electrons. The molecule has 0 amide bonds. The molecule has 0 fully saturated rings. The zero-order valence-corrected chi connectivity index (χ0v) is 12.8. The lowest BCUT2D eigenvalue weighted by Gasteiger charge is -2.11. The Kier molecular flexibility index (Phi) is 4.24. The Bertz CT molecular complexity index is 617. The maximum atomic E-state index is 6.12. The van der Waals surface area contributed by atoms with Crippen LogP contribution in [0.2, 0.25) is 5.02 Å². The van der Waals surface area contributed by atoms with Gasteiger partial charge >= 0.3 is 0 Å². The molecule has 0 saturated carbocycles. The monoisotopic (exact) mass is 341 g/mol. The predicted octanol–water partition coefficient (Wildman–Crippen LogP) is 3.54. The number of nitrogen functional groups attached to an aromatic ring is 1. The van der Waals surface area contributed by atoms with E-state index in [0.29, 0.717) is 16.8 Å². The van der Waals surface area contributed by atoms with Crippen LogP contribution in [-0.4, -0.2) is 9.97 Å². The summed E-state index contributed by atoms with van der Waals surface area (Å²) in [4.78, 5) is 8.34. The molecule has 7 heteroatoms. The van der Waals surface area contributed by atoms with E-state index in [1.807, 2.05) is 32.0 Å². The van der Waals surface area contributed by atoms with Crippen molar-refractivity contribution in [3.05, 3.63) is 39.0 Å². The molecule has 2 aromatic rings. The minimum atomic E-state index is 0.358. The second-order valence-corrected chi connectivity index (χ2v) is 5.33. The van der Waals surface area contributed by atoms with E-state index in [4.69, 9.17) is 17.4 Å². The average molecular weight is 343 g/mol. The number of nitrogens with zero attached hydrogens (tertiary/aromatic N) is 2. The van der Waals surface area contributed by atoms with Gasteiger partial charge in [-0.1, -0.05) is 11.6 Å². The van der Waals surface area contributed by atoms with Gasteiger partial charge in [0.1, 0.15) is 5.82 Å². The van der Waals surface area contributed by atoms with Crippen molar-refractivity contribution in [1.29, 1.82) is 0 Å². The molecule has 0 aliphatic carbocycles. The summed E-state index contributed by atoms with van der Waals surface area (Å²) in [5, 5.41) is 3.87. The fourth-order valence-corrected chi connectivity index (χ4v) is 2.30. The molecule has 0 aliphatic rings. The summed E-state index contributed by atoms with van der Waals surface area (Å²) in [5.41, 5.74) is 5.07. The predicted molar refractivity (Wildman–Crippen MR) is 81.8 cm³/mol. The Morgan fingerprint density at radius 1 is 1.21 bits per heavy atom. The largest absolute Gasteiger partial charge is 0.339 e. The number of nitrogens with one attached hydrogen (secondary N) is 2. The third-order valence-corrected chi connectivity index (χ3v) is 3.56. The zero-order chi connectivity index (χ0) is 14.0. The third-order valence-electron chi connectivity index (χ3n) is 2.49. The van der Waals surface area contributed by atoms with Gasteiger partial charge in [0.15, 0.2) is 0 Å². The summed E-state index contributed by atoms with van der Waals surface area (Å²) in [6.07, 6.45) is 0. The van der Waals surface area contributed by atoms with Crippen LogP contribution in [0.15, 0.2) is 22.7 Å². The van der Waals surface area contributed by atoms with E-state index in [1.54, 1.807) is 0 Å². The lowest BCUT2D eigenvalue weighted by molar-refractivity contribution is 1.07. The van der Waals surface area contributed by atoms with Gasteiger partial charge in [-0.3, -0.25) is 5.43 Å². The van der Waals surface area contributed by atoms with Crippen molar-refractivity contribution in [2.75, 3.05) is 10.7 Å². The Hall–Kier alpha value is -1.37. The molecular formula is C12H13BrClN5. The minimum Gasteiger partial charge on any atom is -0.339 e. The summed E-state index contributed by atoms with van der Waals surface area (Å²) in [7, 11) is 0. The second-order valence-electron chi connectivity index (χ2n) is 4.07. The highest BCUT2D eigenvalue weighted by atomic mass is 79.9. The van der Waals surface area contributed by atoms with Gasteiger partial charge in [0.2, 0.25) is 5.95 Å². The highest BCUT2D eigenvalue weighted by molar-refractivity contribution is 9.10. The van der Waals surface area contributed by atoms with E-state index in [0.717, 1.165) is 21.4 Å². The standard InChI is InChI=1S/C12H13BrClN5/c1-6-3-8(13)10(5-9(6)14)17-11-4-7(2)16-12(18-11)19-15/h3-5H,15H2,1-2H3,(H2,16,17,18,19). The van der Waals surface area contributed by atoms with E-state index in [9.17, 15) is 0 Å². The van der Waals surface area contributed by atoms with Crippen molar-refractivity contribution in [2.24, 2.45) is 5.84 Å². The van der Waals surface area contributed by atoms with E-state index in [-0.39, 0.29) is 0 Å². The summed E-state index contributed by atoms with van der Waals surface area (Å²) >= 11 is 9.60. The van der Waals surface area contributed by atoms with E-state index >= 15 is 0 Å². The van der Waals surface area contributed by atoms with Crippen LogP contribution in [0, 0.1) is 13.8 Å². The van der Waals surface area contributed by atoms with Gasteiger partial charge in [-0.2, -0.15) is 4.98 Å². The maximum Gasteiger partial charge on any atom is 0.239 e. The molecule has 2 rings (SSSR count). The fourth-order valence-electron chi connectivity index (χ4n) is 1.58. The first-order chi connectivity index (χ1) is 8.99. The fraction of sp³-hybridized carbons (Fsp3) is 0.167. The Morgan fingerprint density at radius 2 is 1.95 bits per heavy atom. The Labute approximate surface area is 124 Å². The van der Waals surface area contributed by atoms with Crippen molar-refractivity contribution < 1.29 is 0 Å². The lowest BCUT2D eigenvalue weighted by Crippen LogP contribution is -2.12. The molecular weight excluding hydrogens is 330 g/mol. The first-order valence-corrected chi connectivity index (χ1v) is 6.71. The van der Waals surface area contributed by atoms with Crippen LogP contribution >= 0.6 is 27.5 Å². The van der Waals surface area contributed by atoms with Gasteiger partial charge in [-0.05, 0) is 47.5 Å². The highest BCUT2D eigenvalue weighted by Gasteiger charge is 2.07. The van der Waals surface area contributed by atoms with Crippen molar-refractivity contribution in [3.8, 4) is 0 Å². The molecule has 0 unspecified atom stereocenters. The molecule has 4 N–H and O–H groups in total. The molecule has 0 bridgehead atoms. The van der Waals surface area contributed by atoms with Crippen LogP contribution < -0.4 is 16.6 Å². The van der Waals surface area contributed by atoms with Crippen LogP contribution in [0.3, 0.4) is 0 Å². The number of benzene rings is 1. The van der Waals surface area contributed by atoms with Crippen molar-refractivity contribution in [1.82, 2.24) is 9.97 Å². The Morgan fingerprint density at radius 3 is 2.63 bits per heavy atom. The van der Waals surface area contributed by atoms with Gasteiger partial charge in [0, 0.05) is 21.3 Å². The van der Waals surface area contributed by atoms with E-state index < -0.39 is 0 Å². The van der Waals surface area contributed by atoms with Crippen LogP contribution in [0.25, 0.3) is 0 Å². The molecule has 0 aliphatic heterocycles. The number of rotatable bonds is 3. The summed E-state index contributed by atoms with van der Waals surface area (Å²) in [6.45, 7) is 3.81. The van der Waals surface area contributed by atoms with Gasteiger partial charge in [0.05, 0.1) is 5.69 Å². The van der Waals surface area contributed by atoms with Crippen LogP contribution in [0.5, 0.6) is 0 Å². The quantitative estimate of drug-likeness (QED) is 0.587. The minimum absolute atomic E-state index is 0.358. The third kappa shape index (κ3) is 3.34. The molecule has 0 saturated heterocycles. The zero-order valence-electron chi connectivity index (χ0n) is 10.5.